The lowest BCUT2D eigenvalue weighted by molar-refractivity contribution is -0.0498. The van der Waals surface area contributed by atoms with Gasteiger partial charge in [-0.1, -0.05) is 0 Å². The number of carbonyl (C=O) groups is 1. The zero-order chi connectivity index (χ0) is 15.6. The number of amides is 1. The third-order valence-corrected chi connectivity index (χ3v) is 3.15. The largest absolute Gasteiger partial charge is 0.435 e. The zero-order valence-electron chi connectivity index (χ0n) is 11.9. The molecule has 1 amide bonds. The summed E-state index contributed by atoms with van der Waals surface area (Å²) < 4.78 is 30.2. The number of carbonyl (C=O) groups excluding carboxylic acids is 1. The van der Waals surface area contributed by atoms with Crippen LogP contribution in [0.3, 0.4) is 0 Å². The molecule has 1 N–H and O–H groups in total. The molecule has 0 unspecified atom stereocenters. The van der Waals surface area contributed by atoms with Gasteiger partial charge in [0, 0.05) is 18.4 Å². The summed E-state index contributed by atoms with van der Waals surface area (Å²) in [6.45, 7) is 0.612. The minimum absolute atomic E-state index is 0.0538. The fourth-order valence-electron chi connectivity index (χ4n) is 1.86. The van der Waals surface area contributed by atoms with Crippen LogP contribution in [-0.4, -0.2) is 22.3 Å². The maximum Gasteiger partial charge on any atom is 0.387 e. The Kier molecular flexibility index (Phi) is 4.21. The van der Waals surface area contributed by atoms with Crippen LogP contribution < -0.4 is 10.1 Å². The van der Waals surface area contributed by atoms with E-state index < -0.39 is 6.61 Å². The molecule has 0 radical (unpaired) electrons. The van der Waals surface area contributed by atoms with Crippen molar-refractivity contribution in [2.45, 2.75) is 20.5 Å². The molecule has 2 rings (SSSR count). The fourth-order valence-corrected chi connectivity index (χ4v) is 1.86. The van der Waals surface area contributed by atoms with Crippen molar-refractivity contribution in [2.75, 3.05) is 5.32 Å². The first kappa shape index (κ1) is 15.0. The molecule has 0 aliphatic carbocycles. The zero-order valence-corrected chi connectivity index (χ0v) is 11.9. The number of hydrogen-bond acceptors (Lipinski definition) is 3. The molecule has 0 saturated heterocycles. The third kappa shape index (κ3) is 3.36. The van der Waals surface area contributed by atoms with Crippen LogP contribution in [0.5, 0.6) is 5.75 Å². The first-order chi connectivity index (χ1) is 9.88. The van der Waals surface area contributed by atoms with E-state index in [2.05, 4.69) is 15.2 Å². The number of ether oxygens (including phenoxy) is 1. The van der Waals surface area contributed by atoms with E-state index in [1.54, 1.807) is 25.6 Å². The number of hydrogen-bond donors (Lipinski definition) is 1. The van der Waals surface area contributed by atoms with Crippen molar-refractivity contribution < 1.29 is 18.3 Å². The van der Waals surface area contributed by atoms with Gasteiger partial charge in [0.15, 0.2) is 0 Å². The Bertz CT molecular complexity index is 668. The van der Waals surface area contributed by atoms with Gasteiger partial charge in [-0.15, -0.1) is 0 Å². The topological polar surface area (TPSA) is 56.1 Å². The summed E-state index contributed by atoms with van der Waals surface area (Å²) in [4.78, 5) is 12.1. The van der Waals surface area contributed by atoms with Crippen LogP contribution in [0.15, 0.2) is 24.4 Å². The second-order valence-electron chi connectivity index (χ2n) is 4.58. The highest BCUT2D eigenvalue weighted by molar-refractivity contribution is 6.05. The maximum atomic E-state index is 12.1. The van der Waals surface area contributed by atoms with E-state index in [9.17, 15) is 13.6 Å². The average molecular weight is 295 g/mol. The lowest BCUT2D eigenvalue weighted by Crippen LogP contribution is -2.14. The Labute approximate surface area is 120 Å². The number of nitrogens with zero attached hydrogens (tertiary/aromatic N) is 2. The van der Waals surface area contributed by atoms with E-state index in [4.69, 9.17) is 0 Å². The van der Waals surface area contributed by atoms with E-state index in [-0.39, 0.29) is 11.7 Å². The number of benzene rings is 1. The molecule has 7 heteroatoms. The van der Waals surface area contributed by atoms with E-state index in [1.165, 1.54) is 24.4 Å². The van der Waals surface area contributed by atoms with Crippen LogP contribution in [0, 0.1) is 13.8 Å². The Morgan fingerprint density at radius 3 is 2.62 bits per heavy atom. The number of rotatable bonds is 4. The van der Waals surface area contributed by atoms with Gasteiger partial charge in [-0.05, 0) is 37.6 Å². The van der Waals surface area contributed by atoms with Crippen LogP contribution in [0.1, 0.15) is 21.6 Å². The lowest BCUT2D eigenvalue weighted by atomic mass is 10.1. The van der Waals surface area contributed by atoms with Crippen molar-refractivity contribution in [3.8, 4) is 5.75 Å². The predicted molar refractivity (Wildman–Crippen MR) is 73.7 cm³/mol. The van der Waals surface area contributed by atoms with Crippen LogP contribution in [0.2, 0.25) is 0 Å². The normalized spacial score (nSPS) is 10.8. The molecule has 5 nitrogen and oxygen atoms in total. The molecule has 0 atom stereocenters. The van der Waals surface area contributed by atoms with E-state index >= 15 is 0 Å². The van der Waals surface area contributed by atoms with Gasteiger partial charge in [-0.3, -0.25) is 9.48 Å². The number of nitrogens with one attached hydrogen (secondary N) is 1. The molecule has 2 aromatic rings. The first-order valence-corrected chi connectivity index (χ1v) is 6.24. The summed E-state index contributed by atoms with van der Waals surface area (Å²) in [5, 5.41) is 6.73. The standard InChI is InChI=1S/C14H15F2N3O2/c1-8-6-10(21-14(15)16)4-5-12(8)18-13(20)11-7-17-19(3)9(11)2/h4-7,14H,1-3H3,(H,18,20). The molecule has 112 valence electrons. The molecule has 0 saturated carbocycles. The highest BCUT2D eigenvalue weighted by atomic mass is 19.3. The Morgan fingerprint density at radius 2 is 2.10 bits per heavy atom. The summed E-state index contributed by atoms with van der Waals surface area (Å²) in [7, 11) is 1.74. The fraction of sp³-hybridized carbons (Fsp3) is 0.286. The SMILES string of the molecule is Cc1cc(OC(F)F)ccc1NC(=O)c1cnn(C)c1C. The number of halogens is 2. The minimum Gasteiger partial charge on any atom is -0.435 e. The van der Waals surface area contributed by atoms with Crippen molar-refractivity contribution in [2.24, 2.45) is 7.05 Å². The highest BCUT2D eigenvalue weighted by Crippen LogP contribution is 2.23. The molecule has 21 heavy (non-hydrogen) atoms. The van der Waals surface area contributed by atoms with Gasteiger partial charge in [0.05, 0.1) is 11.8 Å². The van der Waals surface area contributed by atoms with Crippen LogP contribution in [0.25, 0.3) is 0 Å². The second-order valence-corrected chi connectivity index (χ2v) is 4.58. The molecule has 0 aliphatic heterocycles. The molecule has 0 fully saturated rings. The molecular weight excluding hydrogens is 280 g/mol. The van der Waals surface area contributed by atoms with Gasteiger partial charge in [0.25, 0.3) is 5.91 Å². The monoisotopic (exact) mass is 295 g/mol. The molecule has 1 aromatic heterocycles. The van der Waals surface area contributed by atoms with Crippen LogP contribution >= 0.6 is 0 Å². The van der Waals surface area contributed by atoms with Gasteiger partial charge >= 0.3 is 6.61 Å². The van der Waals surface area contributed by atoms with Crippen molar-refractivity contribution >= 4 is 11.6 Å². The molecule has 0 aliphatic rings. The van der Waals surface area contributed by atoms with Gasteiger partial charge in [0.2, 0.25) is 0 Å². The third-order valence-electron chi connectivity index (χ3n) is 3.15. The summed E-state index contributed by atoms with van der Waals surface area (Å²) in [5.74, 6) is -0.246. The molecule has 0 spiro atoms. The Hall–Kier alpha value is -2.44. The molecular formula is C14H15F2N3O2. The molecule has 1 heterocycles. The maximum absolute atomic E-state index is 12.1. The second kappa shape index (κ2) is 5.90. The number of alkyl halides is 2. The van der Waals surface area contributed by atoms with Crippen LogP contribution in [0.4, 0.5) is 14.5 Å². The van der Waals surface area contributed by atoms with Gasteiger partial charge in [-0.2, -0.15) is 13.9 Å². The van der Waals surface area contributed by atoms with Crippen molar-refractivity contribution in [1.29, 1.82) is 0 Å². The van der Waals surface area contributed by atoms with Crippen molar-refractivity contribution in [3.63, 3.8) is 0 Å². The summed E-state index contributed by atoms with van der Waals surface area (Å²) in [6.07, 6.45) is 1.48. The Morgan fingerprint density at radius 1 is 1.38 bits per heavy atom. The van der Waals surface area contributed by atoms with Crippen LogP contribution in [-0.2, 0) is 7.05 Å². The van der Waals surface area contributed by atoms with Crippen molar-refractivity contribution in [1.82, 2.24) is 9.78 Å². The smallest absolute Gasteiger partial charge is 0.387 e. The quantitative estimate of drug-likeness (QED) is 0.943. The summed E-state index contributed by atoms with van der Waals surface area (Å²) in [5.41, 5.74) is 2.36. The molecule has 0 bridgehead atoms. The lowest BCUT2D eigenvalue weighted by Gasteiger charge is -2.10. The summed E-state index contributed by atoms with van der Waals surface area (Å²) in [6, 6.07) is 4.35. The van der Waals surface area contributed by atoms with Gasteiger partial charge in [-0.25, -0.2) is 0 Å². The van der Waals surface area contributed by atoms with E-state index in [0.29, 0.717) is 16.8 Å². The number of aromatic nitrogens is 2. The summed E-state index contributed by atoms with van der Waals surface area (Å²) >= 11 is 0. The first-order valence-electron chi connectivity index (χ1n) is 6.24. The van der Waals surface area contributed by atoms with E-state index in [1.807, 2.05) is 0 Å². The minimum atomic E-state index is -2.87. The van der Waals surface area contributed by atoms with Crippen molar-refractivity contribution in [3.05, 3.63) is 41.2 Å². The Balaban J connectivity index is 2.16. The number of aryl methyl sites for hydroxylation is 2. The highest BCUT2D eigenvalue weighted by Gasteiger charge is 2.14. The molecule has 1 aromatic carbocycles. The predicted octanol–water partition coefficient (Wildman–Crippen LogP) is 2.89. The van der Waals surface area contributed by atoms with Gasteiger partial charge in [0.1, 0.15) is 5.75 Å². The number of anilines is 1. The van der Waals surface area contributed by atoms with Gasteiger partial charge < -0.3 is 10.1 Å². The van der Waals surface area contributed by atoms with E-state index in [0.717, 1.165) is 5.69 Å². The average Bonchev–Trinajstić information content (AvgIpc) is 2.72.